The van der Waals surface area contributed by atoms with E-state index in [-0.39, 0.29) is 18.6 Å². The molecule has 1 unspecified atom stereocenters. The van der Waals surface area contributed by atoms with E-state index in [4.69, 9.17) is 5.11 Å². The maximum atomic E-state index is 12.0. The van der Waals surface area contributed by atoms with Crippen molar-refractivity contribution in [2.24, 2.45) is 0 Å². The summed E-state index contributed by atoms with van der Waals surface area (Å²) >= 11 is 1.51. The molecule has 0 bridgehead atoms. The third-order valence-corrected chi connectivity index (χ3v) is 3.63. The zero-order valence-electron chi connectivity index (χ0n) is 11.5. The van der Waals surface area contributed by atoms with E-state index in [1.165, 1.54) is 16.2 Å². The molecule has 0 fully saturated rings. The summed E-state index contributed by atoms with van der Waals surface area (Å²) in [6, 6.07) is -0.805. The summed E-state index contributed by atoms with van der Waals surface area (Å²) in [5, 5.41) is 12.4. The van der Waals surface area contributed by atoms with Crippen molar-refractivity contribution in [1.82, 2.24) is 15.2 Å². The summed E-state index contributed by atoms with van der Waals surface area (Å²) in [4.78, 5) is 29.3. The third kappa shape index (κ3) is 4.51. The Morgan fingerprint density at radius 3 is 2.53 bits per heavy atom. The first kappa shape index (κ1) is 15.4. The van der Waals surface area contributed by atoms with Gasteiger partial charge in [-0.25, -0.2) is 9.78 Å². The van der Waals surface area contributed by atoms with Crippen molar-refractivity contribution in [2.45, 2.75) is 39.8 Å². The summed E-state index contributed by atoms with van der Waals surface area (Å²) in [5.74, 6) is -1.03. The number of nitrogens with one attached hydrogen (secondary N) is 1. The van der Waals surface area contributed by atoms with Crippen LogP contribution in [-0.4, -0.2) is 39.6 Å². The molecule has 6 nitrogen and oxygen atoms in total. The molecule has 0 radical (unpaired) electrons. The number of aromatic nitrogens is 1. The minimum Gasteiger partial charge on any atom is -0.480 e. The normalized spacial score (nSPS) is 12.3. The van der Waals surface area contributed by atoms with Gasteiger partial charge in [-0.15, -0.1) is 11.3 Å². The Balaban J connectivity index is 2.68. The van der Waals surface area contributed by atoms with Crippen molar-refractivity contribution >= 4 is 23.3 Å². The number of aryl methyl sites for hydroxylation is 1. The van der Waals surface area contributed by atoms with Crippen LogP contribution >= 0.6 is 11.3 Å². The van der Waals surface area contributed by atoms with E-state index < -0.39 is 12.0 Å². The van der Waals surface area contributed by atoms with E-state index in [2.05, 4.69) is 10.3 Å². The lowest BCUT2D eigenvalue weighted by Crippen LogP contribution is -2.47. The Morgan fingerprint density at radius 2 is 2.11 bits per heavy atom. The lowest BCUT2D eigenvalue weighted by molar-refractivity contribution is -0.138. The Hall–Kier alpha value is -1.63. The second-order valence-corrected chi connectivity index (χ2v) is 5.86. The molecule has 106 valence electrons. The van der Waals surface area contributed by atoms with Gasteiger partial charge in [0.05, 0.1) is 6.04 Å². The SMILES string of the molecule is Cc1cnc(C(C)NC(=O)N(CC(=O)O)C(C)C)s1. The van der Waals surface area contributed by atoms with E-state index in [0.29, 0.717) is 0 Å². The van der Waals surface area contributed by atoms with Gasteiger partial charge in [-0.3, -0.25) is 4.79 Å². The lowest BCUT2D eigenvalue weighted by atomic mass is 10.3. The molecule has 2 N–H and O–H groups in total. The number of rotatable bonds is 5. The maximum Gasteiger partial charge on any atom is 0.323 e. The van der Waals surface area contributed by atoms with E-state index >= 15 is 0 Å². The number of urea groups is 1. The van der Waals surface area contributed by atoms with Crippen LogP contribution in [0.3, 0.4) is 0 Å². The lowest BCUT2D eigenvalue weighted by Gasteiger charge is -2.26. The minimum absolute atomic E-state index is 0.179. The molecule has 1 heterocycles. The van der Waals surface area contributed by atoms with Gasteiger partial charge in [0.15, 0.2) is 0 Å². The Bertz CT molecular complexity index is 459. The molecule has 1 aromatic heterocycles. The summed E-state index contributed by atoms with van der Waals surface area (Å²) in [5.41, 5.74) is 0. The highest BCUT2D eigenvalue weighted by molar-refractivity contribution is 7.11. The van der Waals surface area contributed by atoms with Gasteiger partial charge in [0, 0.05) is 17.1 Å². The van der Waals surface area contributed by atoms with E-state index in [1.54, 1.807) is 20.0 Å². The molecule has 0 saturated carbocycles. The van der Waals surface area contributed by atoms with Crippen LogP contribution in [-0.2, 0) is 4.79 Å². The van der Waals surface area contributed by atoms with Crippen LogP contribution in [0.1, 0.15) is 36.7 Å². The smallest absolute Gasteiger partial charge is 0.323 e. The van der Waals surface area contributed by atoms with Crippen LogP contribution in [0.2, 0.25) is 0 Å². The summed E-state index contributed by atoms with van der Waals surface area (Å²) in [6.45, 7) is 7.02. The molecule has 1 aromatic rings. The average molecular weight is 285 g/mol. The van der Waals surface area contributed by atoms with Gasteiger partial charge in [-0.2, -0.15) is 0 Å². The summed E-state index contributed by atoms with van der Waals surface area (Å²) in [7, 11) is 0. The van der Waals surface area contributed by atoms with E-state index in [9.17, 15) is 9.59 Å². The topological polar surface area (TPSA) is 82.5 Å². The second-order valence-electron chi connectivity index (χ2n) is 4.60. The molecular formula is C12H19N3O3S. The van der Waals surface area contributed by atoms with Gasteiger partial charge in [-0.1, -0.05) is 0 Å². The summed E-state index contributed by atoms with van der Waals surface area (Å²) in [6.07, 6.45) is 1.75. The van der Waals surface area contributed by atoms with Crippen LogP contribution < -0.4 is 5.32 Å². The Labute approximate surface area is 116 Å². The van der Waals surface area contributed by atoms with Crippen molar-refractivity contribution < 1.29 is 14.7 Å². The molecule has 0 aliphatic carbocycles. The van der Waals surface area contributed by atoms with Crippen LogP contribution in [0.25, 0.3) is 0 Å². The molecule has 1 rings (SSSR count). The highest BCUT2D eigenvalue weighted by Gasteiger charge is 2.22. The molecule has 0 aliphatic rings. The predicted molar refractivity (Wildman–Crippen MR) is 73.3 cm³/mol. The van der Waals surface area contributed by atoms with Crippen molar-refractivity contribution in [3.8, 4) is 0 Å². The number of hydrogen-bond donors (Lipinski definition) is 2. The quantitative estimate of drug-likeness (QED) is 0.867. The predicted octanol–water partition coefficient (Wildman–Crippen LogP) is 2.02. The zero-order chi connectivity index (χ0) is 14.6. The first-order valence-corrected chi connectivity index (χ1v) is 6.84. The Morgan fingerprint density at radius 1 is 1.47 bits per heavy atom. The number of hydrogen-bond acceptors (Lipinski definition) is 4. The standard InChI is InChI=1S/C12H19N3O3S/c1-7(2)15(6-10(16)17)12(18)14-9(4)11-13-5-8(3)19-11/h5,7,9H,6H2,1-4H3,(H,14,18)(H,16,17). The number of nitrogens with zero attached hydrogens (tertiary/aromatic N) is 2. The van der Waals surface area contributed by atoms with E-state index in [1.807, 2.05) is 13.8 Å². The fourth-order valence-electron chi connectivity index (χ4n) is 1.54. The number of aliphatic carboxylic acids is 1. The van der Waals surface area contributed by atoms with Crippen LogP contribution in [0.5, 0.6) is 0 Å². The van der Waals surface area contributed by atoms with E-state index in [0.717, 1.165) is 9.88 Å². The van der Waals surface area contributed by atoms with Crippen molar-refractivity contribution in [2.75, 3.05) is 6.54 Å². The largest absolute Gasteiger partial charge is 0.480 e. The third-order valence-electron chi connectivity index (χ3n) is 2.54. The monoisotopic (exact) mass is 285 g/mol. The molecule has 0 spiro atoms. The molecule has 1 atom stereocenters. The van der Waals surface area contributed by atoms with Crippen LogP contribution in [0, 0.1) is 6.92 Å². The fourth-order valence-corrected chi connectivity index (χ4v) is 2.31. The molecule has 2 amide bonds. The number of thiazole rings is 1. The molecule has 0 saturated heterocycles. The van der Waals surface area contributed by atoms with Crippen molar-refractivity contribution in [3.63, 3.8) is 0 Å². The van der Waals surface area contributed by atoms with Gasteiger partial charge in [-0.05, 0) is 27.7 Å². The highest BCUT2D eigenvalue weighted by Crippen LogP contribution is 2.19. The molecular weight excluding hydrogens is 266 g/mol. The second kappa shape index (κ2) is 6.51. The number of carbonyl (C=O) groups excluding carboxylic acids is 1. The van der Waals surface area contributed by atoms with Gasteiger partial charge in [0.25, 0.3) is 0 Å². The number of carbonyl (C=O) groups is 2. The maximum absolute atomic E-state index is 12.0. The first-order chi connectivity index (χ1) is 8.81. The van der Waals surface area contributed by atoms with Crippen molar-refractivity contribution in [3.05, 3.63) is 16.1 Å². The minimum atomic E-state index is -1.03. The number of carboxylic acids is 1. The van der Waals surface area contributed by atoms with Gasteiger partial charge in [0.1, 0.15) is 11.6 Å². The van der Waals surface area contributed by atoms with Crippen LogP contribution in [0.15, 0.2) is 6.20 Å². The number of amides is 2. The summed E-state index contributed by atoms with van der Waals surface area (Å²) < 4.78 is 0. The number of carboxylic acid groups (broad SMARTS) is 1. The van der Waals surface area contributed by atoms with Gasteiger partial charge in [0.2, 0.25) is 0 Å². The first-order valence-electron chi connectivity index (χ1n) is 6.02. The van der Waals surface area contributed by atoms with Crippen molar-refractivity contribution in [1.29, 1.82) is 0 Å². The molecule has 19 heavy (non-hydrogen) atoms. The van der Waals surface area contributed by atoms with Crippen LogP contribution in [0.4, 0.5) is 4.79 Å². The Kier molecular flexibility index (Phi) is 5.29. The van der Waals surface area contributed by atoms with Gasteiger partial charge < -0.3 is 15.3 Å². The molecule has 7 heteroatoms. The highest BCUT2D eigenvalue weighted by atomic mass is 32.1. The molecule has 0 aromatic carbocycles. The zero-order valence-corrected chi connectivity index (χ0v) is 12.3. The fraction of sp³-hybridized carbons (Fsp3) is 0.583. The molecule has 0 aliphatic heterocycles. The van der Waals surface area contributed by atoms with Gasteiger partial charge >= 0.3 is 12.0 Å². The average Bonchev–Trinajstić information content (AvgIpc) is 2.72.